The van der Waals surface area contributed by atoms with Gasteiger partial charge in [0, 0.05) is 6.54 Å². The van der Waals surface area contributed by atoms with Crippen molar-refractivity contribution in [3.8, 4) is 0 Å². The number of hydrogen-bond acceptors (Lipinski definition) is 4. The second kappa shape index (κ2) is 8.09. The standard InChI is InChI=1S/C14H27N3O3/c1-10(2)12(16-14(19)20-3)13(18)17(15)9-11-7-5-4-6-8-11/h10-12H,4-9,15H2,1-3H3,(H,16,19)/t12-/m0/s1. The summed E-state index contributed by atoms with van der Waals surface area (Å²) in [5.41, 5.74) is 0. The van der Waals surface area contributed by atoms with E-state index >= 15 is 0 Å². The Labute approximate surface area is 121 Å². The Kier molecular flexibility index (Phi) is 6.78. The molecule has 116 valence electrons. The van der Waals surface area contributed by atoms with Crippen LogP contribution in [0.15, 0.2) is 0 Å². The third-order valence-electron chi connectivity index (χ3n) is 3.85. The Hall–Kier alpha value is -1.30. The van der Waals surface area contributed by atoms with Crippen LogP contribution in [0.25, 0.3) is 0 Å². The van der Waals surface area contributed by atoms with Crippen LogP contribution in [-0.2, 0) is 9.53 Å². The zero-order chi connectivity index (χ0) is 15.1. The fraction of sp³-hybridized carbons (Fsp3) is 0.857. The van der Waals surface area contributed by atoms with E-state index in [9.17, 15) is 9.59 Å². The van der Waals surface area contributed by atoms with E-state index in [4.69, 9.17) is 5.84 Å². The average Bonchev–Trinajstić information content (AvgIpc) is 2.44. The monoisotopic (exact) mass is 285 g/mol. The molecule has 1 atom stereocenters. The van der Waals surface area contributed by atoms with E-state index in [0.717, 1.165) is 12.8 Å². The number of hydrogen-bond donors (Lipinski definition) is 2. The Morgan fingerprint density at radius 2 is 1.90 bits per heavy atom. The van der Waals surface area contributed by atoms with Crippen LogP contribution in [0.2, 0.25) is 0 Å². The number of carbonyl (C=O) groups excluding carboxylic acids is 2. The minimum atomic E-state index is -0.643. The molecule has 0 radical (unpaired) electrons. The van der Waals surface area contributed by atoms with Crippen LogP contribution in [0, 0.1) is 11.8 Å². The predicted octanol–water partition coefficient (Wildman–Crippen LogP) is 1.65. The first-order valence-corrected chi connectivity index (χ1v) is 7.36. The normalized spacial score (nSPS) is 17.6. The number of alkyl carbamates (subject to hydrolysis) is 1. The molecule has 20 heavy (non-hydrogen) atoms. The Morgan fingerprint density at radius 3 is 2.40 bits per heavy atom. The first kappa shape index (κ1) is 16.8. The SMILES string of the molecule is COC(=O)N[C@H](C(=O)N(N)CC1CCCCC1)C(C)C. The van der Waals surface area contributed by atoms with Crippen molar-refractivity contribution in [2.45, 2.75) is 52.0 Å². The zero-order valence-corrected chi connectivity index (χ0v) is 12.7. The van der Waals surface area contributed by atoms with Crippen LogP contribution in [0.1, 0.15) is 46.0 Å². The minimum Gasteiger partial charge on any atom is -0.453 e. The predicted molar refractivity (Wildman–Crippen MR) is 76.6 cm³/mol. The van der Waals surface area contributed by atoms with E-state index in [1.807, 2.05) is 13.8 Å². The van der Waals surface area contributed by atoms with E-state index in [1.54, 1.807) is 0 Å². The van der Waals surface area contributed by atoms with Gasteiger partial charge in [0.2, 0.25) is 0 Å². The summed E-state index contributed by atoms with van der Waals surface area (Å²) in [6.45, 7) is 4.30. The number of amides is 2. The van der Waals surface area contributed by atoms with Crippen molar-refractivity contribution in [1.82, 2.24) is 10.3 Å². The molecule has 0 aromatic carbocycles. The fourth-order valence-corrected chi connectivity index (χ4v) is 2.62. The molecule has 6 nitrogen and oxygen atoms in total. The Morgan fingerprint density at radius 1 is 1.30 bits per heavy atom. The fourth-order valence-electron chi connectivity index (χ4n) is 2.62. The number of carbonyl (C=O) groups is 2. The molecule has 0 spiro atoms. The molecule has 3 N–H and O–H groups in total. The van der Waals surface area contributed by atoms with E-state index in [0.29, 0.717) is 12.5 Å². The number of nitrogens with zero attached hydrogens (tertiary/aromatic N) is 1. The molecule has 1 saturated carbocycles. The molecule has 0 bridgehead atoms. The van der Waals surface area contributed by atoms with Crippen molar-refractivity contribution in [2.24, 2.45) is 17.7 Å². The van der Waals surface area contributed by atoms with Gasteiger partial charge in [-0.05, 0) is 24.7 Å². The van der Waals surface area contributed by atoms with Gasteiger partial charge in [-0.1, -0.05) is 33.1 Å². The van der Waals surface area contributed by atoms with Crippen LogP contribution in [-0.4, -0.2) is 36.7 Å². The van der Waals surface area contributed by atoms with Gasteiger partial charge in [0.15, 0.2) is 0 Å². The van der Waals surface area contributed by atoms with Crippen molar-refractivity contribution in [1.29, 1.82) is 0 Å². The molecule has 0 aromatic rings. The molecule has 0 saturated heterocycles. The maximum atomic E-state index is 12.3. The van der Waals surface area contributed by atoms with Crippen LogP contribution < -0.4 is 11.2 Å². The summed E-state index contributed by atoms with van der Waals surface area (Å²) in [4.78, 5) is 23.6. The highest BCUT2D eigenvalue weighted by atomic mass is 16.5. The van der Waals surface area contributed by atoms with Gasteiger partial charge in [0.25, 0.3) is 5.91 Å². The van der Waals surface area contributed by atoms with Crippen LogP contribution in [0.4, 0.5) is 4.79 Å². The van der Waals surface area contributed by atoms with Crippen molar-refractivity contribution in [2.75, 3.05) is 13.7 Å². The second-order valence-corrected chi connectivity index (χ2v) is 5.85. The summed E-state index contributed by atoms with van der Waals surface area (Å²) < 4.78 is 4.55. The van der Waals surface area contributed by atoms with Crippen LogP contribution in [0.3, 0.4) is 0 Å². The van der Waals surface area contributed by atoms with Gasteiger partial charge in [-0.2, -0.15) is 0 Å². The summed E-state index contributed by atoms with van der Waals surface area (Å²) in [5.74, 6) is 6.07. The molecule has 1 fully saturated rings. The molecule has 2 amide bonds. The lowest BCUT2D eigenvalue weighted by Gasteiger charge is -2.30. The number of methoxy groups -OCH3 is 1. The smallest absolute Gasteiger partial charge is 0.407 e. The summed E-state index contributed by atoms with van der Waals surface area (Å²) >= 11 is 0. The van der Waals surface area contributed by atoms with Gasteiger partial charge in [-0.25, -0.2) is 10.6 Å². The van der Waals surface area contributed by atoms with Gasteiger partial charge in [-0.3, -0.25) is 9.80 Å². The van der Waals surface area contributed by atoms with Gasteiger partial charge in [-0.15, -0.1) is 0 Å². The average molecular weight is 285 g/mol. The Bertz CT molecular complexity index is 328. The van der Waals surface area contributed by atoms with Gasteiger partial charge >= 0.3 is 6.09 Å². The quantitative estimate of drug-likeness (QED) is 0.457. The lowest BCUT2D eigenvalue weighted by atomic mass is 9.89. The van der Waals surface area contributed by atoms with Crippen LogP contribution in [0.5, 0.6) is 0 Å². The summed E-state index contributed by atoms with van der Waals surface area (Å²) in [7, 11) is 1.28. The number of rotatable bonds is 5. The molecule has 0 aromatic heterocycles. The Balaban J connectivity index is 2.56. The van der Waals surface area contributed by atoms with Crippen molar-refractivity contribution < 1.29 is 14.3 Å². The lowest BCUT2D eigenvalue weighted by Crippen LogP contribution is -2.54. The summed E-state index contributed by atoms with van der Waals surface area (Å²) in [5, 5.41) is 3.81. The van der Waals surface area contributed by atoms with Crippen molar-refractivity contribution >= 4 is 12.0 Å². The van der Waals surface area contributed by atoms with Crippen molar-refractivity contribution in [3.63, 3.8) is 0 Å². The number of ether oxygens (including phenoxy) is 1. The van der Waals surface area contributed by atoms with E-state index in [-0.39, 0.29) is 11.8 Å². The molecule has 1 rings (SSSR count). The molecule has 1 aliphatic rings. The molecule has 0 unspecified atom stereocenters. The molecule has 0 heterocycles. The molecule has 1 aliphatic carbocycles. The second-order valence-electron chi connectivity index (χ2n) is 5.85. The molecular weight excluding hydrogens is 258 g/mol. The summed E-state index contributed by atoms with van der Waals surface area (Å²) in [6.07, 6.45) is 5.33. The number of nitrogens with one attached hydrogen (secondary N) is 1. The highest BCUT2D eigenvalue weighted by molar-refractivity contribution is 5.85. The zero-order valence-electron chi connectivity index (χ0n) is 12.7. The minimum absolute atomic E-state index is 0.0426. The van der Waals surface area contributed by atoms with Gasteiger partial charge < -0.3 is 10.1 Å². The van der Waals surface area contributed by atoms with E-state index in [2.05, 4.69) is 10.1 Å². The first-order chi connectivity index (χ1) is 9.45. The van der Waals surface area contributed by atoms with E-state index in [1.165, 1.54) is 31.4 Å². The largest absolute Gasteiger partial charge is 0.453 e. The summed E-state index contributed by atoms with van der Waals surface area (Å²) in [6, 6.07) is -0.643. The maximum Gasteiger partial charge on any atom is 0.407 e. The molecule has 0 aliphatic heterocycles. The van der Waals surface area contributed by atoms with Gasteiger partial charge in [0.1, 0.15) is 6.04 Å². The first-order valence-electron chi connectivity index (χ1n) is 7.36. The lowest BCUT2D eigenvalue weighted by molar-refractivity contribution is -0.135. The van der Waals surface area contributed by atoms with Crippen molar-refractivity contribution in [3.05, 3.63) is 0 Å². The van der Waals surface area contributed by atoms with Gasteiger partial charge in [0.05, 0.1) is 7.11 Å². The van der Waals surface area contributed by atoms with E-state index < -0.39 is 12.1 Å². The third kappa shape index (κ3) is 5.00. The number of hydrazine groups is 1. The molecule has 6 heteroatoms. The number of nitrogens with two attached hydrogens (primary N) is 1. The highest BCUT2D eigenvalue weighted by Gasteiger charge is 2.29. The highest BCUT2D eigenvalue weighted by Crippen LogP contribution is 2.24. The maximum absolute atomic E-state index is 12.3. The van der Waals surface area contributed by atoms with Crippen LogP contribution >= 0.6 is 0 Å². The topological polar surface area (TPSA) is 84.7 Å². The molecular formula is C14H27N3O3. The third-order valence-corrected chi connectivity index (χ3v) is 3.85.